The van der Waals surface area contributed by atoms with Gasteiger partial charge >= 0.3 is 0 Å². The summed E-state index contributed by atoms with van der Waals surface area (Å²) >= 11 is 7.17. The summed E-state index contributed by atoms with van der Waals surface area (Å²) in [4.78, 5) is 8.00. The van der Waals surface area contributed by atoms with E-state index in [1.165, 1.54) is 11.8 Å². The maximum Gasteiger partial charge on any atom is 0.197 e. The van der Waals surface area contributed by atoms with Crippen molar-refractivity contribution < 1.29 is 0 Å². The first-order chi connectivity index (χ1) is 6.77. The Morgan fingerprint density at radius 3 is 2.79 bits per heavy atom. The van der Waals surface area contributed by atoms with Crippen LogP contribution in [0.15, 0.2) is 28.9 Å². The van der Waals surface area contributed by atoms with E-state index in [-0.39, 0.29) is 0 Å². The molecule has 72 valence electrons. The van der Waals surface area contributed by atoms with Gasteiger partial charge in [0.25, 0.3) is 0 Å². The van der Waals surface area contributed by atoms with Crippen molar-refractivity contribution in [3.63, 3.8) is 0 Å². The van der Waals surface area contributed by atoms with Gasteiger partial charge in [-0.25, -0.2) is 9.97 Å². The summed E-state index contributed by atoms with van der Waals surface area (Å²) in [5, 5.41) is 9.38. The molecule has 0 N–H and O–H groups in total. The molecule has 7 heteroatoms. The summed E-state index contributed by atoms with van der Waals surface area (Å²) in [6, 6.07) is 0. The third kappa shape index (κ3) is 1.85. The largest absolute Gasteiger partial charge is 0.311 e. The van der Waals surface area contributed by atoms with E-state index in [0.717, 1.165) is 5.16 Å². The quantitative estimate of drug-likeness (QED) is 0.777. The third-order valence-electron chi connectivity index (χ3n) is 1.48. The molecule has 0 saturated heterocycles. The van der Waals surface area contributed by atoms with Gasteiger partial charge in [0.15, 0.2) is 10.3 Å². The van der Waals surface area contributed by atoms with Crippen molar-refractivity contribution >= 4 is 23.4 Å². The predicted molar refractivity (Wildman–Crippen MR) is 52.2 cm³/mol. The summed E-state index contributed by atoms with van der Waals surface area (Å²) in [6.45, 7) is 0. The zero-order valence-electron chi connectivity index (χ0n) is 7.25. The van der Waals surface area contributed by atoms with Crippen molar-refractivity contribution in [2.75, 3.05) is 0 Å². The minimum atomic E-state index is 0.375. The number of nitrogens with zero attached hydrogens (tertiary/aromatic N) is 5. The average molecular weight is 228 g/mol. The van der Waals surface area contributed by atoms with Crippen LogP contribution in [0, 0.1) is 0 Å². The van der Waals surface area contributed by atoms with Crippen LogP contribution in [0.3, 0.4) is 0 Å². The summed E-state index contributed by atoms with van der Waals surface area (Å²) in [7, 11) is 1.85. The van der Waals surface area contributed by atoms with E-state index in [0.29, 0.717) is 10.2 Å². The van der Waals surface area contributed by atoms with Crippen LogP contribution in [0.5, 0.6) is 0 Å². The first kappa shape index (κ1) is 9.42. The monoisotopic (exact) mass is 227 g/mol. The second kappa shape index (κ2) is 3.93. The molecular weight excluding hydrogens is 222 g/mol. The molecule has 2 heterocycles. The Morgan fingerprint density at radius 1 is 1.36 bits per heavy atom. The lowest BCUT2D eigenvalue weighted by atomic mass is 10.8. The lowest BCUT2D eigenvalue weighted by molar-refractivity contribution is 0.786. The van der Waals surface area contributed by atoms with Crippen molar-refractivity contribution in [3.05, 3.63) is 23.9 Å². The molecule has 0 aliphatic rings. The van der Waals surface area contributed by atoms with Crippen LogP contribution in [0.2, 0.25) is 5.15 Å². The van der Waals surface area contributed by atoms with Gasteiger partial charge in [-0.3, -0.25) is 0 Å². The molecule has 0 fully saturated rings. The van der Waals surface area contributed by atoms with E-state index in [2.05, 4.69) is 20.2 Å². The van der Waals surface area contributed by atoms with Crippen LogP contribution in [0.25, 0.3) is 0 Å². The highest BCUT2D eigenvalue weighted by Crippen LogP contribution is 2.27. The Labute approximate surface area is 89.5 Å². The molecule has 0 amide bonds. The van der Waals surface area contributed by atoms with Crippen LogP contribution in [-0.2, 0) is 7.05 Å². The van der Waals surface area contributed by atoms with E-state index in [4.69, 9.17) is 11.6 Å². The first-order valence-corrected chi connectivity index (χ1v) is 4.95. The Kier molecular flexibility index (Phi) is 2.64. The number of hydrogen-bond donors (Lipinski definition) is 0. The fraction of sp³-hybridized carbons (Fsp3) is 0.143. The molecule has 2 aromatic rings. The lowest BCUT2D eigenvalue weighted by Crippen LogP contribution is -1.91. The molecule has 2 rings (SSSR count). The minimum absolute atomic E-state index is 0.375. The zero-order chi connectivity index (χ0) is 9.97. The van der Waals surface area contributed by atoms with Gasteiger partial charge in [0.1, 0.15) is 11.4 Å². The maximum absolute atomic E-state index is 5.84. The van der Waals surface area contributed by atoms with Gasteiger partial charge < -0.3 is 4.57 Å². The van der Waals surface area contributed by atoms with E-state index in [9.17, 15) is 0 Å². The highest BCUT2D eigenvalue weighted by Gasteiger charge is 2.08. The lowest BCUT2D eigenvalue weighted by Gasteiger charge is -1.99. The summed E-state index contributed by atoms with van der Waals surface area (Å²) < 4.78 is 1.79. The summed E-state index contributed by atoms with van der Waals surface area (Å²) in [5.74, 6) is 0. The van der Waals surface area contributed by atoms with Crippen molar-refractivity contribution in [1.82, 2.24) is 24.7 Å². The molecule has 0 aromatic carbocycles. The summed E-state index contributed by atoms with van der Waals surface area (Å²) in [5.41, 5.74) is 0. The normalized spacial score (nSPS) is 10.4. The van der Waals surface area contributed by atoms with Gasteiger partial charge in [0, 0.05) is 19.4 Å². The van der Waals surface area contributed by atoms with Crippen LogP contribution in [-0.4, -0.2) is 24.7 Å². The highest BCUT2D eigenvalue weighted by molar-refractivity contribution is 7.99. The van der Waals surface area contributed by atoms with Crippen LogP contribution in [0.1, 0.15) is 0 Å². The van der Waals surface area contributed by atoms with Crippen LogP contribution in [0.4, 0.5) is 0 Å². The second-order valence-corrected chi connectivity index (χ2v) is 3.79. The SMILES string of the molecule is Cn1cnnc1Sc1nccnc1Cl. The Hall–Kier alpha value is -1.14. The molecular formula is C7H6ClN5S. The number of halogens is 1. The van der Waals surface area contributed by atoms with Crippen LogP contribution < -0.4 is 0 Å². The fourth-order valence-electron chi connectivity index (χ4n) is 0.828. The smallest absolute Gasteiger partial charge is 0.197 e. The molecule has 0 bridgehead atoms. The highest BCUT2D eigenvalue weighted by atomic mass is 35.5. The minimum Gasteiger partial charge on any atom is -0.311 e. The summed E-state index contributed by atoms with van der Waals surface area (Å²) in [6.07, 6.45) is 4.75. The molecule has 2 aromatic heterocycles. The third-order valence-corrected chi connectivity index (χ3v) is 2.91. The van der Waals surface area contributed by atoms with Gasteiger partial charge in [-0.05, 0) is 11.8 Å². The number of aromatic nitrogens is 5. The van der Waals surface area contributed by atoms with Crippen molar-refractivity contribution in [3.8, 4) is 0 Å². The molecule has 0 spiro atoms. The molecule has 5 nitrogen and oxygen atoms in total. The molecule has 0 aliphatic heterocycles. The van der Waals surface area contributed by atoms with E-state index >= 15 is 0 Å². The predicted octanol–water partition coefficient (Wildman–Crippen LogP) is 1.41. The zero-order valence-corrected chi connectivity index (χ0v) is 8.83. The van der Waals surface area contributed by atoms with Crippen LogP contribution >= 0.6 is 23.4 Å². The topological polar surface area (TPSA) is 56.5 Å². The van der Waals surface area contributed by atoms with Gasteiger partial charge in [0.2, 0.25) is 0 Å². The number of hydrogen-bond acceptors (Lipinski definition) is 5. The molecule has 0 unspecified atom stereocenters. The van der Waals surface area contributed by atoms with Crippen molar-refractivity contribution in [1.29, 1.82) is 0 Å². The van der Waals surface area contributed by atoms with Gasteiger partial charge in [0.05, 0.1) is 0 Å². The molecule has 14 heavy (non-hydrogen) atoms. The Bertz CT molecular complexity index is 443. The van der Waals surface area contributed by atoms with Gasteiger partial charge in [-0.2, -0.15) is 0 Å². The van der Waals surface area contributed by atoms with E-state index in [1.54, 1.807) is 23.3 Å². The van der Waals surface area contributed by atoms with Gasteiger partial charge in [-0.1, -0.05) is 11.6 Å². The first-order valence-electron chi connectivity index (χ1n) is 3.76. The van der Waals surface area contributed by atoms with Crippen molar-refractivity contribution in [2.24, 2.45) is 7.05 Å². The molecule has 0 atom stereocenters. The number of rotatable bonds is 2. The molecule has 0 radical (unpaired) electrons. The van der Waals surface area contributed by atoms with E-state index < -0.39 is 0 Å². The fourth-order valence-corrected chi connectivity index (χ4v) is 1.75. The molecule has 0 saturated carbocycles. The Balaban J connectivity index is 2.28. The second-order valence-electron chi connectivity index (χ2n) is 2.48. The Morgan fingerprint density at radius 2 is 2.14 bits per heavy atom. The molecule has 0 aliphatic carbocycles. The maximum atomic E-state index is 5.84. The standard InChI is InChI=1S/C7H6ClN5S/c1-13-4-11-12-7(13)14-6-5(8)9-2-3-10-6/h2-4H,1H3. The average Bonchev–Trinajstić information content (AvgIpc) is 2.56. The van der Waals surface area contributed by atoms with E-state index in [1.807, 2.05) is 7.05 Å². The van der Waals surface area contributed by atoms with Gasteiger partial charge in [-0.15, -0.1) is 10.2 Å². The van der Waals surface area contributed by atoms with Crippen molar-refractivity contribution in [2.45, 2.75) is 10.2 Å². The number of aryl methyl sites for hydroxylation is 1.